The van der Waals surface area contributed by atoms with Crippen LogP contribution in [0.1, 0.15) is 31.9 Å². The van der Waals surface area contributed by atoms with Crippen molar-refractivity contribution in [1.82, 2.24) is 0 Å². The third-order valence-electron chi connectivity index (χ3n) is 2.87. The van der Waals surface area contributed by atoms with Crippen LogP contribution in [0, 0.1) is 5.82 Å². The zero-order chi connectivity index (χ0) is 15.5. The number of aliphatic hydroxyl groups excluding tert-OH is 1. The van der Waals surface area contributed by atoms with E-state index in [9.17, 15) is 14.3 Å². The molecule has 0 radical (unpaired) electrons. The molecule has 0 bridgehead atoms. The van der Waals surface area contributed by atoms with Gasteiger partial charge in [0, 0.05) is 13.8 Å². The van der Waals surface area contributed by atoms with E-state index in [0.717, 1.165) is 0 Å². The molecular formula is C16H17FO4. The second-order valence-electron chi connectivity index (χ2n) is 5.18. The average Bonchev–Trinajstić information content (AvgIpc) is 2.37. The van der Waals surface area contributed by atoms with E-state index in [0.29, 0.717) is 17.7 Å². The number of hydrogen-bond acceptors (Lipinski definition) is 4. The minimum atomic E-state index is -0.999. The van der Waals surface area contributed by atoms with Crippen LogP contribution in [0.3, 0.4) is 0 Å². The number of carbonyl (C=O) groups excluding carboxylic acids is 1. The van der Waals surface area contributed by atoms with Crippen molar-refractivity contribution >= 4 is 5.97 Å². The zero-order valence-electron chi connectivity index (χ0n) is 11.9. The molecule has 0 aromatic heterocycles. The SMILES string of the molecule is CC1(C)OC(=O)C=C(/C=C/CC(O)c2ccc(F)cc2)O1. The zero-order valence-corrected chi connectivity index (χ0v) is 11.9. The van der Waals surface area contributed by atoms with E-state index in [4.69, 9.17) is 9.47 Å². The van der Waals surface area contributed by atoms with Gasteiger partial charge in [0.15, 0.2) is 0 Å². The van der Waals surface area contributed by atoms with Crippen LogP contribution in [0.5, 0.6) is 0 Å². The minimum absolute atomic E-state index is 0.321. The molecule has 0 spiro atoms. The first-order chi connectivity index (χ1) is 9.85. The van der Waals surface area contributed by atoms with Crippen molar-refractivity contribution in [2.75, 3.05) is 0 Å². The number of ether oxygens (including phenoxy) is 2. The topological polar surface area (TPSA) is 55.8 Å². The Morgan fingerprint density at radius 2 is 1.95 bits per heavy atom. The highest BCUT2D eigenvalue weighted by Gasteiger charge is 2.28. The molecule has 1 heterocycles. The lowest BCUT2D eigenvalue weighted by Gasteiger charge is -2.29. The summed E-state index contributed by atoms with van der Waals surface area (Å²) in [5.74, 6) is -1.43. The van der Waals surface area contributed by atoms with Crippen LogP contribution in [0.2, 0.25) is 0 Å². The number of carbonyl (C=O) groups is 1. The van der Waals surface area contributed by atoms with E-state index < -0.39 is 17.9 Å². The van der Waals surface area contributed by atoms with E-state index in [2.05, 4.69) is 0 Å². The Hall–Kier alpha value is -2.14. The van der Waals surface area contributed by atoms with Gasteiger partial charge in [0.1, 0.15) is 11.6 Å². The Morgan fingerprint density at radius 3 is 2.57 bits per heavy atom. The number of esters is 1. The van der Waals surface area contributed by atoms with Crippen molar-refractivity contribution in [2.24, 2.45) is 0 Å². The molecule has 0 saturated heterocycles. The fourth-order valence-electron chi connectivity index (χ4n) is 1.94. The number of benzene rings is 1. The molecule has 21 heavy (non-hydrogen) atoms. The lowest BCUT2D eigenvalue weighted by Crippen LogP contribution is -2.33. The number of aliphatic hydroxyl groups is 1. The number of cyclic esters (lactones) is 1. The summed E-state index contributed by atoms with van der Waals surface area (Å²) < 4.78 is 23.2. The molecule has 1 N–H and O–H groups in total. The van der Waals surface area contributed by atoms with Crippen LogP contribution in [0.4, 0.5) is 4.39 Å². The molecule has 1 aromatic rings. The van der Waals surface area contributed by atoms with Crippen LogP contribution in [0.15, 0.2) is 48.3 Å². The summed E-state index contributed by atoms with van der Waals surface area (Å²) in [5.41, 5.74) is 0.624. The van der Waals surface area contributed by atoms with Crippen molar-refractivity contribution in [1.29, 1.82) is 0 Å². The normalized spacial score (nSPS) is 18.9. The monoisotopic (exact) mass is 292 g/mol. The first-order valence-electron chi connectivity index (χ1n) is 6.59. The second-order valence-corrected chi connectivity index (χ2v) is 5.18. The molecule has 5 heteroatoms. The first-order valence-corrected chi connectivity index (χ1v) is 6.59. The molecule has 0 aliphatic carbocycles. The lowest BCUT2D eigenvalue weighted by molar-refractivity contribution is -0.203. The maximum atomic E-state index is 12.8. The molecule has 1 atom stereocenters. The number of rotatable bonds is 4. The molecule has 0 amide bonds. The fourth-order valence-corrected chi connectivity index (χ4v) is 1.94. The summed E-state index contributed by atoms with van der Waals surface area (Å²) in [6, 6.07) is 5.66. The van der Waals surface area contributed by atoms with Crippen LogP contribution in [-0.4, -0.2) is 16.9 Å². The summed E-state index contributed by atoms with van der Waals surface area (Å²) in [6.07, 6.45) is 4.11. The van der Waals surface area contributed by atoms with Gasteiger partial charge in [0.25, 0.3) is 0 Å². The van der Waals surface area contributed by atoms with Crippen molar-refractivity contribution < 1.29 is 23.8 Å². The first kappa shape index (κ1) is 15.3. The van der Waals surface area contributed by atoms with Gasteiger partial charge in [-0.3, -0.25) is 0 Å². The fraction of sp³-hybridized carbons (Fsp3) is 0.312. The highest BCUT2D eigenvalue weighted by Crippen LogP contribution is 2.23. The standard InChI is InChI=1S/C16H17FO4/c1-16(2)20-13(10-15(19)21-16)4-3-5-14(18)11-6-8-12(17)9-7-11/h3-4,6-10,14,18H,5H2,1-2H3/b4-3+. The van der Waals surface area contributed by atoms with Crippen LogP contribution in [-0.2, 0) is 14.3 Å². The molecular weight excluding hydrogens is 275 g/mol. The molecule has 4 nitrogen and oxygen atoms in total. The van der Waals surface area contributed by atoms with E-state index in [1.54, 1.807) is 26.0 Å². The molecule has 1 aromatic carbocycles. The molecule has 112 valence electrons. The summed E-state index contributed by atoms with van der Waals surface area (Å²) in [5, 5.41) is 9.97. The Labute approximate surface area is 122 Å². The maximum Gasteiger partial charge on any atom is 0.337 e. The van der Waals surface area contributed by atoms with Crippen LogP contribution < -0.4 is 0 Å². The van der Waals surface area contributed by atoms with Gasteiger partial charge >= 0.3 is 5.97 Å². The van der Waals surface area contributed by atoms with Gasteiger partial charge in [-0.2, -0.15) is 0 Å². The third kappa shape index (κ3) is 4.43. The second kappa shape index (κ2) is 6.10. The summed E-state index contributed by atoms with van der Waals surface area (Å²) in [7, 11) is 0. The summed E-state index contributed by atoms with van der Waals surface area (Å²) in [4.78, 5) is 11.3. The quantitative estimate of drug-likeness (QED) is 0.867. The summed E-state index contributed by atoms with van der Waals surface area (Å²) in [6.45, 7) is 3.28. The maximum absolute atomic E-state index is 12.8. The van der Waals surface area contributed by atoms with Gasteiger partial charge in [-0.05, 0) is 30.2 Å². The van der Waals surface area contributed by atoms with Crippen molar-refractivity contribution in [3.05, 3.63) is 59.6 Å². The molecule has 0 saturated carbocycles. The third-order valence-corrected chi connectivity index (χ3v) is 2.87. The van der Waals surface area contributed by atoms with Gasteiger partial charge < -0.3 is 14.6 Å². The minimum Gasteiger partial charge on any atom is -0.453 e. The van der Waals surface area contributed by atoms with Gasteiger partial charge in [-0.25, -0.2) is 9.18 Å². The molecule has 0 fully saturated rings. The van der Waals surface area contributed by atoms with E-state index >= 15 is 0 Å². The lowest BCUT2D eigenvalue weighted by atomic mass is 10.1. The molecule has 1 aliphatic heterocycles. The van der Waals surface area contributed by atoms with Gasteiger partial charge in [-0.1, -0.05) is 18.2 Å². The molecule has 1 unspecified atom stereocenters. The smallest absolute Gasteiger partial charge is 0.337 e. The number of halogens is 1. The van der Waals surface area contributed by atoms with Crippen LogP contribution >= 0.6 is 0 Å². The van der Waals surface area contributed by atoms with Gasteiger partial charge in [0.2, 0.25) is 5.79 Å². The van der Waals surface area contributed by atoms with Gasteiger partial charge in [0.05, 0.1) is 12.2 Å². The highest BCUT2D eigenvalue weighted by atomic mass is 19.1. The number of allylic oxidation sites excluding steroid dienone is 1. The van der Waals surface area contributed by atoms with E-state index in [-0.39, 0.29) is 5.82 Å². The van der Waals surface area contributed by atoms with Crippen molar-refractivity contribution in [3.63, 3.8) is 0 Å². The Bertz CT molecular complexity index is 572. The number of hydrogen-bond donors (Lipinski definition) is 1. The van der Waals surface area contributed by atoms with E-state index in [1.165, 1.54) is 30.3 Å². The Balaban J connectivity index is 1.96. The van der Waals surface area contributed by atoms with Crippen LogP contribution in [0.25, 0.3) is 0 Å². The Morgan fingerprint density at radius 1 is 1.29 bits per heavy atom. The predicted molar refractivity (Wildman–Crippen MR) is 74.5 cm³/mol. The largest absolute Gasteiger partial charge is 0.453 e. The predicted octanol–water partition coefficient (Wildman–Crippen LogP) is 3.00. The van der Waals surface area contributed by atoms with Gasteiger partial charge in [-0.15, -0.1) is 0 Å². The highest BCUT2D eigenvalue weighted by molar-refractivity contribution is 5.83. The summed E-state index contributed by atoms with van der Waals surface area (Å²) >= 11 is 0. The molecule has 2 rings (SSSR count). The molecule has 1 aliphatic rings. The average molecular weight is 292 g/mol. The van der Waals surface area contributed by atoms with Crippen molar-refractivity contribution in [2.45, 2.75) is 32.2 Å². The Kier molecular flexibility index (Phi) is 4.43. The van der Waals surface area contributed by atoms with Crippen molar-refractivity contribution in [3.8, 4) is 0 Å². The van der Waals surface area contributed by atoms with E-state index in [1.807, 2.05) is 0 Å².